The molecule has 21 heavy (non-hydrogen) atoms. The molecule has 0 unspecified atom stereocenters. The van der Waals surface area contributed by atoms with Crippen molar-refractivity contribution in [3.63, 3.8) is 0 Å². The molecule has 1 saturated carbocycles. The lowest BCUT2D eigenvalue weighted by Gasteiger charge is -2.13. The van der Waals surface area contributed by atoms with Crippen LogP contribution < -0.4 is 10.6 Å². The summed E-state index contributed by atoms with van der Waals surface area (Å²) in [4.78, 5) is 11.8. The Balaban J connectivity index is 1.94. The van der Waals surface area contributed by atoms with E-state index in [1.54, 1.807) is 6.07 Å². The van der Waals surface area contributed by atoms with Crippen LogP contribution in [0.2, 0.25) is 0 Å². The van der Waals surface area contributed by atoms with Crippen molar-refractivity contribution in [3.05, 3.63) is 29.6 Å². The number of amides is 2. The normalized spacial score (nSPS) is 14.4. The number of carbonyl (C=O) groups excluding carboxylic acids is 1. The van der Waals surface area contributed by atoms with Gasteiger partial charge in [0.1, 0.15) is 5.82 Å². The summed E-state index contributed by atoms with van der Waals surface area (Å²) in [5.41, 5.74) is 0.654. The lowest BCUT2D eigenvalue weighted by Crippen LogP contribution is -2.36. The third kappa shape index (κ3) is 4.76. The number of aliphatic hydroxyl groups excluding tert-OH is 1. The lowest BCUT2D eigenvalue weighted by molar-refractivity contribution is 0.248. The minimum absolute atomic E-state index is 0.0174. The van der Waals surface area contributed by atoms with Crippen molar-refractivity contribution in [2.45, 2.75) is 38.1 Å². The van der Waals surface area contributed by atoms with Crippen molar-refractivity contribution in [1.82, 2.24) is 5.32 Å². The highest BCUT2D eigenvalue weighted by Crippen LogP contribution is 2.19. The summed E-state index contributed by atoms with van der Waals surface area (Å²) in [6.07, 6.45) is 4.57. The molecule has 5 heteroatoms. The lowest BCUT2D eigenvalue weighted by atomic mass is 10.2. The van der Waals surface area contributed by atoms with Gasteiger partial charge in [0.2, 0.25) is 0 Å². The number of halogens is 1. The second-order valence-electron chi connectivity index (χ2n) is 5.05. The van der Waals surface area contributed by atoms with E-state index in [4.69, 9.17) is 5.11 Å². The van der Waals surface area contributed by atoms with E-state index in [-0.39, 0.29) is 24.4 Å². The summed E-state index contributed by atoms with van der Waals surface area (Å²) in [6, 6.07) is 4.22. The molecule has 4 nitrogen and oxygen atoms in total. The van der Waals surface area contributed by atoms with Crippen LogP contribution in [0.1, 0.15) is 37.7 Å². The van der Waals surface area contributed by atoms with Gasteiger partial charge < -0.3 is 15.7 Å². The Morgan fingerprint density at radius 1 is 1.38 bits per heavy atom. The van der Waals surface area contributed by atoms with E-state index in [1.165, 1.54) is 12.1 Å². The molecule has 2 rings (SSSR count). The zero-order valence-corrected chi connectivity index (χ0v) is 11.8. The van der Waals surface area contributed by atoms with Gasteiger partial charge in [0.25, 0.3) is 0 Å². The molecule has 1 fully saturated rings. The topological polar surface area (TPSA) is 61.4 Å². The fourth-order valence-corrected chi connectivity index (χ4v) is 2.33. The standard InChI is InChI=1S/C16H19FN2O2/c17-14-11-12(5-3-4-10-20)8-9-15(14)19-16(21)18-13-6-1-2-7-13/h8-9,11,13,20H,1-2,4,6-7,10H2,(H2,18,19,21). The zero-order valence-electron chi connectivity index (χ0n) is 11.8. The minimum Gasteiger partial charge on any atom is -0.395 e. The molecule has 0 aromatic heterocycles. The van der Waals surface area contributed by atoms with E-state index < -0.39 is 5.82 Å². The number of anilines is 1. The third-order valence-electron chi connectivity index (χ3n) is 3.38. The number of aliphatic hydroxyl groups is 1. The van der Waals surface area contributed by atoms with Crippen molar-refractivity contribution in [1.29, 1.82) is 0 Å². The zero-order chi connectivity index (χ0) is 15.1. The van der Waals surface area contributed by atoms with E-state index in [2.05, 4.69) is 22.5 Å². The SMILES string of the molecule is O=C(Nc1ccc(C#CCCO)cc1F)NC1CCCC1. The summed E-state index contributed by atoms with van der Waals surface area (Å²) in [7, 11) is 0. The first-order valence-electron chi connectivity index (χ1n) is 7.16. The number of benzene rings is 1. The van der Waals surface area contributed by atoms with Crippen LogP contribution >= 0.6 is 0 Å². The maximum Gasteiger partial charge on any atom is 0.319 e. The first-order chi connectivity index (χ1) is 10.2. The summed E-state index contributed by atoms with van der Waals surface area (Å²) < 4.78 is 13.9. The van der Waals surface area contributed by atoms with E-state index in [0.29, 0.717) is 12.0 Å². The van der Waals surface area contributed by atoms with Gasteiger partial charge in [0.15, 0.2) is 0 Å². The molecule has 0 heterocycles. The van der Waals surface area contributed by atoms with Crippen molar-refractivity contribution < 1.29 is 14.3 Å². The smallest absolute Gasteiger partial charge is 0.319 e. The Bertz CT molecular complexity index is 557. The van der Waals surface area contributed by atoms with Crippen LogP contribution in [0.4, 0.5) is 14.9 Å². The van der Waals surface area contributed by atoms with Crippen molar-refractivity contribution in [2.24, 2.45) is 0 Å². The van der Waals surface area contributed by atoms with Crippen LogP contribution in [0.25, 0.3) is 0 Å². The van der Waals surface area contributed by atoms with Crippen LogP contribution in [0.5, 0.6) is 0 Å². The predicted octanol–water partition coefficient (Wildman–Crippen LogP) is 2.62. The average Bonchev–Trinajstić information content (AvgIpc) is 2.95. The summed E-state index contributed by atoms with van der Waals surface area (Å²) >= 11 is 0. The van der Waals surface area contributed by atoms with E-state index in [9.17, 15) is 9.18 Å². The Hall–Kier alpha value is -2.06. The molecular formula is C16H19FN2O2. The minimum atomic E-state index is -0.521. The molecule has 0 spiro atoms. The van der Waals surface area contributed by atoms with Gasteiger partial charge >= 0.3 is 6.03 Å². The van der Waals surface area contributed by atoms with Gasteiger partial charge in [-0.05, 0) is 31.0 Å². The van der Waals surface area contributed by atoms with Crippen LogP contribution in [-0.2, 0) is 0 Å². The average molecular weight is 290 g/mol. The van der Waals surface area contributed by atoms with E-state index in [0.717, 1.165) is 25.7 Å². The molecule has 1 aromatic carbocycles. The fourth-order valence-electron chi connectivity index (χ4n) is 2.33. The number of nitrogens with one attached hydrogen (secondary N) is 2. The second-order valence-corrected chi connectivity index (χ2v) is 5.05. The first-order valence-corrected chi connectivity index (χ1v) is 7.16. The Kier molecular flexibility index (Phi) is 5.59. The fraction of sp³-hybridized carbons (Fsp3) is 0.438. The van der Waals surface area contributed by atoms with Gasteiger partial charge in [-0.15, -0.1) is 0 Å². The summed E-state index contributed by atoms with van der Waals surface area (Å²) in [6.45, 7) is -0.0174. The number of hydrogen-bond acceptors (Lipinski definition) is 2. The van der Waals surface area contributed by atoms with E-state index in [1.807, 2.05) is 0 Å². The molecule has 0 aliphatic heterocycles. The van der Waals surface area contributed by atoms with Gasteiger partial charge in [-0.3, -0.25) is 0 Å². The van der Waals surface area contributed by atoms with Gasteiger partial charge in [0, 0.05) is 18.0 Å². The van der Waals surface area contributed by atoms with Crippen LogP contribution in [0.15, 0.2) is 18.2 Å². The van der Waals surface area contributed by atoms with Gasteiger partial charge in [-0.1, -0.05) is 24.7 Å². The highest BCUT2D eigenvalue weighted by Gasteiger charge is 2.17. The molecule has 1 aromatic rings. The van der Waals surface area contributed by atoms with Crippen molar-refractivity contribution in [2.75, 3.05) is 11.9 Å². The molecule has 3 N–H and O–H groups in total. The van der Waals surface area contributed by atoms with Gasteiger partial charge in [0.05, 0.1) is 12.3 Å². The quantitative estimate of drug-likeness (QED) is 0.749. The maximum absolute atomic E-state index is 13.9. The van der Waals surface area contributed by atoms with Crippen LogP contribution in [0.3, 0.4) is 0 Å². The van der Waals surface area contributed by atoms with Crippen LogP contribution in [-0.4, -0.2) is 23.8 Å². The Morgan fingerprint density at radius 2 is 2.14 bits per heavy atom. The molecule has 0 radical (unpaired) electrons. The summed E-state index contributed by atoms with van der Waals surface area (Å²) in [5, 5.41) is 14.0. The number of urea groups is 1. The highest BCUT2D eigenvalue weighted by molar-refractivity contribution is 5.89. The number of carbonyl (C=O) groups is 1. The summed E-state index contributed by atoms with van der Waals surface area (Å²) in [5.74, 6) is 4.95. The molecule has 0 saturated heterocycles. The monoisotopic (exact) mass is 290 g/mol. The van der Waals surface area contributed by atoms with Crippen molar-refractivity contribution >= 4 is 11.7 Å². The molecule has 0 atom stereocenters. The third-order valence-corrected chi connectivity index (χ3v) is 3.38. The maximum atomic E-state index is 13.9. The second kappa shape index (κ2) is 7.65. The van der Waals surface area contributed by atoms with Gasteiger partial charge in [-0.25, -0.2) is 9.18 Å². The molecule has 1 aliphatic carbocycles. The molecular weight excluding hydrogens is 271 g/mol. The highest BCUT2D eigenvalue weighted by atomic mass is 19.1. The Labute approximate surface area is 123 Å². The largest absolute Gasteiger partial charge is 0.395 e. The molecule has 2 amide bonds. The van der Waals surface area contributed by atoms with E-state index >= 15 is 0 Å². The first kappa shape index (κ1) is 15.3. The molecule has 1 aliphatic rings. The number of rotatable bonds is 3. The molecule has 112 valence electrons. The number of hydrogen-bond donors (Lipinski definition) is 3. The van der Waals surface area contributed by atoms with Crippen LogP contribution in [0, 0.1) is 17.7 Å². The van der Waals surface area contributed by atoms with Crippen molar-refractivity contribution in [3.8, 4) is 11.8 Å². The molecule has 0 bridgehead atoms. The predicted molar refractivity (Wildman–Crippen MR) is 79.4 cm³/mol. The van der Waals surface area contributed by atoms with Gasteiger partial charge in [-0.2, -0.15) is 0 Å². The Morgan fingerprint density at radius 3 is 2.81 bits per heavy atom.